The van der Waals surface area contributed by atoms with Gasteiger partial charge in [0.15, 0.2) is 0 Å². The molecule has 1 heterocycles. The molecule has 6 heteroatoms. The third kappa shape index (κ3) is 7.12. The molecule has 0 aliphatic carbocycles. The number of likely N-dealkylation sites (tertiary alicyclic amines) is 1. The number of carbonyl (C=O) groups is 1. The zero-order valence-corrected chi connectivity index (χ0v) is 15.3. The van der Waals surface area contributed by atoms with Gasteiger partial charge in [0.2, 0.25) is 5.91 Å². The number of carbonyl (C=O) groups excluding carboxylic acids is 1. The summed E-state index contributed by atoms with van der Waals surface area (Å²) in [4.78, 5) is 15.4. The quantitative estimate of drug-likeness (QED) is 0.601. The Morgan fingerprint density at radius 2 is 1.96 bits per heavy atom. The first kappa shape index (κ1) is 20.3. The molecule has 2 rings (SSSR count). The van der Waals surface area contributed by atoms with E-state index in [1.165, 1.54) is 5.56 Å². The smallest absolute Gasteiger partial charge is 0.232 e. The number of benzene rings is 1. The number of aryl methyl sites for hydroxylation is 1. The molecule has 1 aromatic rings. The molecule has 1 saturated heterocycles. The molecule has 2 N–H and O–H groups in total. The Bertz CT molecular complexity index is 462. The number of nitrogens with zero attached hydrogens (tertiary/aromatic N) is 1. The highest BCUT2D eigenvalue weighted by atomic mass is 35.5. The van der Waals surface area contributed by atoms with Gasteiger partial charge in [-0.3, -0.25) is 4.79 Å². The van der Waals surface area contributed by atoms with Crippen LogP contribution in [0.15, 0.2) is 29.2 Å². The standard InChI is InChI=1S/C17H26N2O2S.ClH/c1-14-3-5-16(6-4-14)22-13-17(20)19-10-7-15(8-11-19)21-12-2-9-18;/h3-6,15H,2,7-13,18H2,1H3;1H. The highest BCUT2D eigenvalue weighted by Gasteiger charge is 2.22. The van der Waals surface area contributed by atoms with Crippen LogP contribution in [0.4, 0.5) is 0 Å². The lowest BCUT2D eigenvalue weighted by atomic mass is 10.1. The van der Waals surface area contributed by atoms with Crippen LogP contribution in [0.25, 0.3) is 0 Å². The summed E-state index contributed by atoms with van der Waals surface area (Å²) in [6.45, 7) is 5.09. The molecule has 130 valence electrons. The second-order valence-electron chi connectivity index (χ2n) is 5.69. The summed E-state index contributed by atoms with van der Waals surface area (Å²) >= 11 is 1.61. The molecule has 1 fully saturated rings. The van der Waals surface area contributed by atoms with Crippen LogP contribution in [-0.4, -0.2) is 48.9 Å². The predicted molar refractivity (Wildman–Crippen MR) is 98.4 cm³/mol. The van der Waals surface area contributed by atoms with E-state index in [1.807, 2.05) is 4.90 Å². The third-order valence-corrected chi connectivity index (χ3v) is 4.88. The van der Waals surface area contributed by atoms with E-state index in [1.54, 1.807) is 11.8 Å². The van der Waals surface area contributed by atoms with Crippen LogP contribution in [0, 0.1) is 6.92 Å². The van der Waals surface area contributed by atoms with Crippen molar-refractivity contribution in [2.24, 2.45) is 5.73 Å². The van der Waals surface area contributed by atoms with Crippen LogP contribution in [0.3, 0.4) is 0 Å². The number of amides is 1. The lowest BCUT2D eigenvalue weighted by molar-refractivity contribution is -0.130. The number of rotatable bonds is 7. The van der Waals surface area contributed by atoms with Gasteiger partial charge in [-0.25, -0.2) is 0 Å². The molecule has 0 bridgehead atoms. The fourth-order valence-electron chi connectivity index (χ4n) is 2.48. The first-order valence-electron chi connectivity index (χ1n) is 7.98. The fraction of sp³-hybridized carbons (Fsp3) is 0.588. The van der Waals surface area contributed by atoms with Crippen molar-refractivity contribution < 1.29 is 9.53 Å². The van der Waals surface area contributed by atoms with Gasteiger partial charge in [-0.15, -0.1) is 24.2 Å². The minimum atomic E-state index is 0. The second kappa shape index (κ2) is 10.9. The maximum absolute atomic E-state index is 12.3. The highest BCUT2D eigenvalue weighted by Crippen LogP contribution is 2.20. The molecular weight excluding hydrogens is 332 g/mol. The van der Waals surface area contributed by atoms with Crippen molar-refractivity contribution in [1.82, 2.24) is 4.90 Å². The van der Waals surface area contributed by atoms with Gasteiger partial charge in [0.1, 0.15) is 0 Å². The second-order valence-corrected chi connectivity index (χ2v) is 6.74. The van der Waals surface area contributed by atoms with Gasteiger partial charge in [0, 0.05) is 24.6 Å². The Kier molecular flexibility index (Phi) is 9.63. The zero-order valence-electron chi connectivity index (χ0n) is 13.7. The van der Waals surface area contributed by atoms with Gasteiger partial charge < -0.3 is 15.4 Å². The first-order valence-corrected chi connectivity index (χ1v) is 8.96. The summed E-state index contributed by atoms with van der Waals surface area (Å²) in [7, 11) is 0. The molecule has 0 spiro atoms. The number of halogens is 1. The Balaban J connectivity index is 0.00000264. The van der Waals surface area contributed by atoms with Crippen LogP contribution in [0.1, 0.15) is 24.8 Å². The average molecular weight is 359 g/mol. The summed E-state index contributed by atoms with van der Waals surface area (Å²) in [6, 6.07) is 8.31. The van der Waals surface area contributed by atoms with Crippen molar-refractivity contribution in [2.45, 2.75) is 37.2 Å². The molecule has 4 nitrogen and oxygen atoms in total. The van der Waals surface area contributed by atoms with E-state index in [4.69, 9.17) is 10.5 Å². The summed E-state index contributed by atoms with van der Waals surface area (Å²) < 4.78 is 5.77. The Morgan fingerprint density at radius 3 is 2.57 bits per heavy atom. The molecule has 23 heavy (non-hydrogen) atoms. The van der Waals surface area contributed by atoms with E-state index in [2.05, 4.69) is 31.2 Å². The number of ether oxygens (including phenoxy) is 1. The van der Waals surface area contributed by atoms with Crippen LogP contribution >= 0.6 is 24.2 Å². The maximum Gasteiger partial charge on any atom is 0.232 e. The van der Waals surface area contributed by atoms with E-state index in [0.717, 1.165) is 43.9 Å². The monoisotopic (exact) mass is 358 g/mol. The van der Waals surface area contributed by atoms with Crippen LogP contribution < -0.4 is 5.73 Å². The minimum Gasteiger partial charge on any atom is -0.378 e. The van der Waals surface area contributed by atoms with E-state index >= 15 is 0 Å². The van der Waals surface area contributed by atoms with Crippen molar-refractivity contribution in [3.05, 3.63) is 29.8 Å². The Morgan fingerprint density at radius 1 is 1.30 bits per heavy atom. The van der Waals surface area contributed by atoms with Crippen molar-refractivity contribution in [3.8, 4) is 0 Å². The first-order chi connectivity index (χ1) is 10.7. The lowest BCUT2D eigenvalue weighted by Gasteiger charge is -2.32. The summed E-state index contributed by atoms with van der Waals surface area (Å²) in [5.41, 5.74) is 6.70. The molecule has 0 atom stereocenters. The van der Waals surface area contributed by atoms with Gasteiger partial charge in [0.25, 0.3) is 0 Å². The summed E-state index contributed by atoms with van der Waals surface area (Å²) in [5, 5.41) is 0. The zero-order chi connectivity index (χ0) is 15.8. The Labute approximate surface area is 149 Å². The average Bonchev–Trinajstić information content (AvgIpc) is 2.55. The van der Waals surface area contributed by atoms with E-state index in [-0.39, 0.29) is 18.3 Å². The SMILES string of the molecule is Cc1ccc(SCC(=O)N2CCC(OCCCN)CC2)cc1.Cl. The van der Waals surface area contributed by atoms with Crippen molar-refractivity contribution >= 4 is 30.1 Å². The van der Waals surface area contributed by atoms with E-state index < -0.39 is 0 Å². The Hall–Kier alpha value is -0.750. The van der Waals surface area contributed by atoms with Gasteiger partial charge in [0.05, 0.1) is 11.9 Å². The molecule has 0 saturated carbocycles. The fourth-order valence-corrected chi connectivity index (χ4v) is 3.28. The molecule has 1 amide bonds. The van der Waals surface area contributed by atoms with Gasteiger partial charge in [-0.1, -0.05) is 17.7 Å². The maximum atomic E-state index is 12.3. The molecule has 1 aliphatic heterocycles. The third-order valence-electron chi connectivity index (χ3n) is 3.88. The molecular formula is C17H27ClN2O2S. The summed E-state index contributed by atoms with van der Waals surface area (Å²) in [6.07, 6.45) is 3.07. The van der Waals surface area contributed by atoms with Crippen LogP contribution in [0.2, 0.25) is 0 Å². The number of nitrogens with two attached hydrogens (primary N) is 1. The van der Waals surface area contributed by atoms with Gasteiger partial charge in [-0.05, 0) is 44.9 Å². The van der Waals surface area contributed by atoms with Gasteiger partial charge >= 0.3 is 0 Å². The van der Waals surface area contributed by atoms with E-state index in [0.29, 0.717) is 18.4 Å². The number of thioether (sulfide) groups is 1. The number of piperidine rings is 1. The van der Waals surface area contributed by atoms with Crippen molar-refractivity contribution in [3.63, 3.8) is 0 Å². The van der Waals surface area contributed by atoms with Crippen LogP contribution in [0.5, 0.6) is 0 Å². The largest absolute Gasteiger partial charge is 0.378 e. The predicted octanol–water partition coefficient (Wildman–Crippen LogP) is 2.87. The summed E-state index contributed by atoms with van der Waals surface area (Å²) in [5.74, 6) is 0.743. The van der Waals surface area contributed by atoms with Crippen LogP contribution in [-0.2, 0) is 9.53 Å². The molecule has 0 aromatic heterocycles. The normalized spacial score (nSPS) is 15.3. The molecule has 1 aromatic carbocycles. The topological polar surface area (TPSA) is 55.6 Å². The van der Waals surface area contributed by atoms with Crippen molar-refractivity contribution in [1.29, 1.82) is 0 Å². The molecule has 0 unspecified atom stereocenters. The molecule has 1 aliphatic rings. The number of hydrogen-bond donors (Lipinski definition) is 1. The highest BCUT2D eigenvalue weighted by molar-refractivity contribution is 8.00. The van der Waals surface area contributed by atoms with E-state index in [9.17, 15) is 4.79 Å². The lowest BCUT2D eigenvalue weighted by Crippen LogP contribution is -2.41. The molecule has 0 radical (unpaired) electrons. The number of hydrogen-bond acceptors (Lipinski definition) is 4. The minimum absolute atomic E-state index is 0. The van der Waals surface area contributed by atoms with Gasteiger partial charge in [-0.2, -0.15) is 0 Å². The van der Waals surface area contributed by atoms with Crippen molar-refractivity contribution in [2.75, 3.05) is 32.0 Å².